The number of fused-ring (bicyclic) bond motifs is 1. The van der Waals surface area contributed by atoms with Gasteiger partial charge in [-0.25, -0.2) is 0 Å². The van der Waals surface area contributed by atoms with Crippen LogP contribution in [-0.2, 0) is 6.54 Å². The van der Waals surface area contributed by atoms with Gasteiger partial charge in [0, 0.05) is 17.2 Å². The highest BCUT2D eigenvalue weighted by Crippen LogP contribution is 2.29. The normalized spacial score (nSPS) is 10.9. The van der Waals surface area contributed by atoms with Crippen molar-refractivity contribution in [1.29, 1.82) is 0 Å². The number of amides is 1. The van der Waals surface area contributed by atoms with Crippen molar-refractivity contribution in [2.24, 2.45) is 0 Å². The van der Waals surface area contributed by atoms with Gasteiger partial charge < -0.3 is 14.4 Å². The summed E-state index contributed by atoms with van der Waals surface area (Å²) in [6.07, 6.45) is 0. The Labute approximate surface area is 143 Å². The quantitative estimate of drug-likeness (QED) is 0.615. The molecule has 4 aromatic rings. The minimum absolute atomic E-state index is 0.198. The van der Waals surface area contributed by atoms with Crippen molar-refractivity contribution in [3.05, 3.63) is 71.6 Å². The van der Waals surface area contributed by atoms with E-state index in [0.29, 0.717) is 22.6 Å². The van der Waals surface area contributed by atoms with Crippen molar-refractivity contribution in [3.8, 4) is 11.3 Å². The van der Waals surface area contributed by atoms with Gasteiger partial charge in [-0.15, -0.1) is 0 Å². The van der Waals surface area contributed by atoms with E-state index in [9.17, 15) is 4.79 Å². The molecule has 0 saturated carbocycles. The fourth-order valence-electron chi connectivity index (χ4n) is 2.65. The Bertz CT molecular complexity index is 1030. The molecule has 0 saturated heterocycles. The van der Waals surface area contributed by atoms with Gasteiger partial charge in [-0.2, -0.15) is 0 Å². The summed E-state index contributed by atoms with van der Waals surface area (Å²) in [6, 6.07) is 16.8. The second-order valence-corrected chi connectivity index (χ2v) is 5.73. The van der Waals surface area contributed by atoms with E-state index in [2.05, 4.69) is 15.6 Å². The fraction of sp³-hybridized carbons (Fsp3) is 0.105. The second-order valence-electron chi connectivity index (χ2n) is 5.73. The number of carbonyl (C=O) groups is 1. The molecule has 6 heteroatoms. The largest absolute Gasteiger partial charge is 0.359 e. The first-order valence-electron chi connectivity index (χ1n) is 7.86. The molecule has 0 aliphatic heterocycles. The number of benzene rings is 2. The molecule has 1 amide bonds. The predicted molar refractivity (Wildman–Crippen MR) is 91.9 cm³/mol. The van der Waals surface area contributed by atoms with Crippen LogP contribution in [-0.4, -0.2) is 16.2 Å². The van der Waals surface area contributed by atoms with Gasteiger partial charge in [0.1, 0.15) is 5.52 Å². The number of hydrogen-bond acceptors (Lipinski definition) is 5. The van der Waals surface area contributed by atoms with E-state index in [1.807, 2.05) is 37.3 Å². The number of carbonyl (C=O) groups excluding carboxylic acids is 1. The van der Waals surface area contributed by atoms with Crippen LogP contribution in [0.4, 0.5) is 0 Å². The van der Waals surface area contributed by atoms with Crippen molar-refractivity contribution >= 4 is 16.8 Å². The fourth-order valence-corrected chi connectivity index (χ4v) is 2.65. The van der Waals surface area contributed by atoms with Gasteiger partial charge >= 0.3 is 0 Å². The minimum atomic E-state index is -0.198. The molecule has 2 aromatic carbocycles. The number of rotatable bonds is 4. The molecule has 2 aromatic heterocycles. The van der Waals surface area contributed by atoms with Gasteiger partial charge in [0.15, 0.2) is 11.5 Å². The molecule has 0 fully saturated rings. The molecule has 0 atom stereocenters. The maximum Gasteiger partial charge on any atom is 0.251 e. The van der Waals surface area contributed by atoms with Crippen LogP contribution >= 0.6 is 0 Å². The summed E-state index contributed by atoms with van der Waals surface area (Å²) in [5.41, 5.74) is 2.94. The minimum Gasteiger partial charge on any atom is -0.359 e. The lowest BCUT2D eigenvalue weighted by Crippen LogP contribution is -2.22. The lowest BCUT2D eigenvalue weighted by Gasteiger charge is -2.03. The Morgan fingerprint density at radius 3 is 2.64 bits per heavy atom. The molecule has 0 radical (unpaired) electrons. The molecule has 0 spiro atoms. The molecule has 0 bridgehead atoms. The summed E-state index contributed by atoms with van der Waals surface area (Å²) in [7, 11) is 0. The molecule has 1 N–H and O–H groups in total. The lowest BCUT2D eigenvalue weighted by atomic mass is 10.1. The van der Waals surface area contributed by atoms with Gasteiger partial charge in [-0.05, 0) is 25.1 Å². The van der Waals surface area contributed by atoms with E-state index in [4.69, 9.17) is 9.05 Å². The van der Waals surface area contributed by atoms with Crippen LogP contribution in [0.3, 0.4) is 0 Å². The molecular formula is C19H15N3O3. The molecule has 2 heterocycles. The van der Waals surface area contributed by atoms with Gasteiger partial charge in [0.2, 0.25) is 0 Å². The van der Waals surface area contributed by atoms with Crippen LogP contribution < -0.4 is 5.32 Å². The first kappa shape index (κ1) is 15.1. The standard InChI is InChI=1S/C19H15N3O3/c1-12-9-15(24-21-12)11-20-19(23)14-7-8-17-16(10-14)18(25-22-17)13-5-3-2-4-6-13/h2-10H,11H2,1H3,(H,20,23). The van der Waals surface area contributed by atoms with Crippen LogP contribution in [0, 0.1) is 6.92 Å². The molecule has 0 aliphatic rings. The van der Waals surface area contributed by atoms with Gasteiger partial charge in [0.05, 0.1) is 17.6 Å². The molecule has 124 valence electrons. The van der Waals surface area contributed by atoms with Crippen molar-refractivity contribution in [2.75, 3.05) is 0 Å². The monoisotopic (exact) mass is 333 g/mol. The van der Waals surface area contributed by atoms with Crippen LogP contribution in [0.1, 0.15) is 21.8 Å². The molecule has 0 aliphatic carbocycles. The number of aryl methyl sites for hydroxylation is 1. The molecule has 25 heavy (non-hydrogen) atoms. The van der Waals surface area contributed by atoms with Crippen molar-refractivity contribution in [2.45, 2.75) is 13.5 Å². The Hall–Kier alpha value is -3.41. The average molecular weight is 333 g/mol. The summed E-state index contributed by atoms with van der Waals surface area (Å²) in [4.78, 5) is 12.4. The van der Waals surface area contributed by atoms with E-state index >= 15 is 0 Å². The second kappa shape index (κ2) is 6.24. The lowest BCUT2D eigenvalue weighted by molar-refractivity contribution is 0.0947. The SMILES string of the molecule is Cc1cc(CNC(=O)c2ccc3noc(-c4ccccc4)c3c2)on1. The van der Waals surface area contributed by atoms with Gasteiger partial charge in [0.25, 0.3) is 5.91 Å². The predicted octanol–water partition coefficient (Wildman–Crippen LogP) is 3.72. The van der Waals surface area contributed by atoms with Crippen LogP contribution in [0.25, 0.3) is 22.2 Å². The zero-order valence-electron chi connectivity index (χ0n) is 13.5. The van der Waals surface area contributed by atoms with Crippen LogP contribution in [0.5, 0.6) is 0 Å². The van der Waals surface area contributed by atoms with Gasteiger partial charge in [-0.1, -0.05) is 40.6 Å². The van der Waals surface area contributed by atoms with Crippen molar-refractivity contribution in [1.82, 2.24) is 15.6 Å². The summed E-state index contributed by atoms with van der Waals surface area (Å²) < 4.78 is 10.6. The smallest absolute Gasteiger partial charge is 0.251 e. The van der Waals surface area contributed by atoms with Crippen molar-refractivity contribution in [3.63, 3.8) is 0 Å². The van der Waals surface area contributed by atoms with Crippen LogP contribution in [0.2, 0.25) is 0 Å². The third kappa shape index (κ3) is 3.01. The highest BCUT2D eigenvalue weighted by molar-refractivity contribution is 6.00. The Morgan fingerprint density at radius 1 is 1.04 bits per heavy atom. The Morgan fingerprint density at radius 2 is 1.88 bits per heavy atom. The van der Waals surface area contributed by atoms with E-state index in [-0.39, 0.29) is 12.5 Å². The topological polar surface area (TPSA) is 81.2 Å². The Balaban J connectivity index is 1.61. The highest BCUT2D eigenvalue weighted by Gasteiger charge is 2.14. The number of aromatic nitrogens is 2. The number of nitrogens with zero attached hydrogens (tertiary/aromatic N) is 2. The van der Waals surface area contributed by atoms with E-state index in [0.717, 1.165) is 16.6 Å². The number of hydrogen-bond donors (Lipinski definition) is 1. The summed E-state index contributed by atoms with van der Waals surface area (Å²) in [5, 5.41) is 11.5. The first-order valence-corrected chi connectivity index (χ1v) is 7.86. The zero-order chi connectivity index (χ0) is 17.2. The summed E-state index contributed by atoms with van der Waals surface area (Å²) in [5.74, 6) is 1.06. The maximum atomic E-state index is 12.4. The molecule has 6 nitrogen and oxygen atoms in total. The average Bonchev–Trinajstić information content (AvgIpc) is 3.26. The van der Waals surface area contributed by atoms with E-state index in [1.54, 1.807) is 24.3 Å². The molecule has 4 rings (SSSR count). The summed E-state index contributed by atoms with van der Waals surface area (Å²) in [6.45, 7) is 2.12. The van der Waals surface area contributed by atoms with Gasteiger partial charge in [-0.3, -0.25) is 4.79 Å². The third-order valence-electron chi connectivity index (χ3n) is 3.87. The zero-order valence-corrected chi connectivity index (χ0v) is 13.5. The maximum absolute atomic E-state index is 12.4. The highest BCUT2D eigenvalue weighted by atomic mass is 16.5. The Kier molecular flexibility index (Phi) is 3.78. The molecular weight excluding hydrogens is 318 g/mol. The van der Waals surface area contributed by atoms with Crippen molar-refractivity contribution < 1.29 is 13.8 Å². The van der Waals surface area contributed by atoms with Crippen LogP contribution in [0.15, 0.2) is 63.6 Å². The summed E-state index contributed by atoms with van der Waals surface area (Å²) >= 11 is 0. The number of nitrogens with one attached hydrogen (secondary N) is 1. The third-order valence-corrected chi connectivity index (χ3v) is 3.87. The van der Waals surface area contributed by atoms with E-state index in [1.165, 1.54) is 0 Å². The first-order chi connectivity index (χ1) is 12.2. The molecule has 0 unspecified atom stereocenters. The van der Waals surface area contributed by atoms with E-state index < -0.39 is 0 Å².